The van der Waals surface area contributed by atoms with Gasteiger partial charge in [0.25, 0.3) is 6.47 Å². The highest BCUT2D eigenvalue weighted by atomic mass is 16.5. The van der Waals surface area contributed by atoms with Gasteiger partial charge >= 0.3 is 0 Å². The summed E-state index contributed by atoms with van der Waals surface area (Å²) in [5, 5.41) is 0. The van der Waals surface area contributed by atoms with Crippen LogP contribution in [-0.2, 0) is 9.53 Å². The van der Waals surface area contributed by atoms with E-state index in [2.05, 4.69) is 13.0 Å². The number of carbonyl (C=O) groups excluding carboxylic acids is 1. The van der Waals surface area contributed by atoms with Crippen molar-refractivity contribution in [3.63, 3.8) is 0 Å². The first-order valence-corrected chi connectivity index (χ1v) is 8.14. The predicted octanol–water partition coefficient (Wildman–Crippen LogP) is 5.37. The number of hydrogen-bond donors (Lipinski definition) is 0. The van der Waals surface area contributed by atoms with Gasteiger partial charge in [-0.2, -0.15) is 0 Å². The molecule has 1 unspecified atom stereocenters. The van der Waals surface area contributed by atoms with E-state index in [1.807, 2.05) is 0 Å². The Morgan fingerprint density at radius 3 is 2.05 bits per heavy atom. The van der Waals surface area contributed by atoms with Crippen molar-refractivity contribution in [1.29, 1.82) is 0 Å². The first kappa shape index (κ1) is 16.3. The molecule has 0 N–H and O–H groups in total. The molecule has 1 aliphatic rings. The molecule has 0 heterocycles. The summed E-state index contributed by atoms with van der Waals surface area (Å²) in [7, 11) is 0. The summed E-state index contributed by atoms with van der Waals surface area (Å²) in [6, 6.07) is 0. The zero-order valence-corrected chi connectivity index (χ0v) is 12.5. The second-order valence-electron chi connectivity index (χ2n) is 5.90. The lowest BCUT2D eigenvalue weighted by Crippen LogP contribution is -1.97. The number of allylic oxidation sites excluding steroid dienone is 2. The van der Waals surface area contributed by atoms with Crippen LogP contribution in [0.3, 0.4) is 0 Å². The van der Waals surface area contributed by atoms with Crippen molar-refractivity contribution in [1.82, 2.24) is 0 Å². The summed E-state index contributed by atoms with van der Waals surface area (Å²) in [5.74, 6) is 1.41. The molecule has 2 nitrogen and oxygen atoms in total. The van der Waals surface area contributed by atoms with E-state index in [1.165, 1.54) is 64.2 Å². The highest BCUT2D eigenvalue weighted by molar-refractivity contribution is 5.39. The molecule has 19 heavy (non-hydrogen) atoms. The van der Waals surface area contributed by atoms with Crippen molar-refractivity contribution in [3.05, 3.63) is 11.8 Å². The van der Waals surface area contributed by atoms with Crippen LogP contribution in [0.2, 0.25) is 0 Å². The molecule has 110 valence electrons. The van der Waals surface area contributed by atoms with Crippen LogP contribution in [0.5, 0.6) is 0 Å². The van der Waals surface area contributed by atoms with Crippen molar-refractivity contribution in [2.75, 3.05) is 0 Å². The number of ether oxygens (including phenoxy) is 1. The molecule has 1 rings (SSSR count). The lowest BCUT2D eigenvalue weighted by molar-refractivity contribution is -0.125. The summed E-state index contributed by atoms with van der Waals surface area (Å²) in [5.41, 5.74) is 0. The maximum absolute atomic E-state index is 10.5. The fourth-order valence-electron chi connectivity index (χ4n) is 2.82. The highest BCUT2D eigenvalue weighted by Crippen LogP contribution is 2.19. The first-order valence-electron chi connectivity index (χ1n) is 8.14. The SMILES string of the molecule is CC1/C=C(/OC=O)CCCCCCCCCCCC1. The standard InChI is InChI=1S/C17H30O2/c1-16-12-10-8-6-4-2-3-5-7-9-11-13-17(14-16)19-15-18/h14-16H,2-13H2,1H3/b17-14+. The van der Waals surface area contributed by atoms with Gasteiger partial charge in [0.2, 0.25) is 0 Å². The number of hydrogen-bond acceptors (Lipinski definition) is 2. The molecule has 0 radical (unpaired) electrons. The third kappa shape index (κ3) is 8.85. The second kappa shape index (κ2) is 11.1. The quantitative estimate of drug-likeness (QED) is 0.628. The van der Waals surface area contributed by atoms with Crippen molar-refractivity contribution < 1.29 is 9.53 Å². The molecule has 0 aromatic rings. The van der Waals surface area contributed by atoms with Crippen LogP contribution >= 0.6 is 0 Å². The van der Waals surface area contributed by atoms with Crippen LogP contribution in [0.1, 0.15) is 84.0 Å². The van der Waals surface area contributed by atoms with E-state index >= 15 is 0 Å². The van der Waals surface area contributed by atoms with Gasteiger partial charge in [-0.05, 0) is 24.8 Å². The van der Waals surface area contributed by atoms with E-state index in [1.54, 1.807) is 0 Å². The van der Waals surface area contributed by atoms with Gasteiger partial charge in [-0.1, -0.05) is 64.7 Å². The smallest absolute Gasteiger partial charge is 0.298 e. The van der Waals surface area contributed by atoms with Crippen LogP contribution in [0, 0.1) is 5.92 Å². The minimum atomic E-state index is 0.528. The molecule has 0 aliphatic heterocycles. The molecule has 0 aromatic carbocycles. The Kier molecular flexibility index (Phi) is 9.48. The minimum absolute atomic E-state index is 0.528. The number of rotatable bonds is 2. The predicted molar refractivity (Wildman–Crippen MR) is 79.8 cm³/mol. The minimum Gasteiger partial charge on any atom is -0.434 e. The molecular formula is C17H30O2. The lowest BCUT2D eigenvalue weighted by atomic mass is 10.0. The highest BCUT2D eigenvalue weighted by Gasteiger charge is 2.05. The van der Waals surface area contributed by atoms with Gasteiger partial charge < -0.3 is 4.74 Å². The van der Waals surface area contributed by atoms with Crippen molar-refractivity contribution in [2.24, 2.45) is 5.92 Å². The van der Waals surface area contributed by atoms with Crippen molar-refractivity contribution in [3.8, 4) is 0 Å². The zero-order chi connectivity index (χ0) is 13.8. The van der Waals surface area contributed by atoms with E-state index in [0.717, 1.165) is 18.6 Å². The van der Waals surface area contributed by atoms with Gasteiger partial charge in [-0.3, -0.25) is 4.79 Å². The Morgan fingerprint density at radius 1 is 0.947 bits per heavy atom. The Hall–Kier alpha value is -0.790. The average Bonchev–Trinajstić information content (AvgIpc) is 2.40. The van der Waals surface area contributed by atoms with Gasteiger partial charge in [-0.15, -0.1) is 0 Å². The molecule has 0 spiro atoms. The van der Waals surface area contributed by atoms with Crippen LogP contribution in [0.15, 0.2) is 11.8 Å². The van der Waals surface area contributed by atoms with Gasteiger partial charge in [-0.25, -0.2) is 0 Å². The molecule has 0 saturated heterocycles. The fourth-order valence-corrected chi connectivity index (χ4v) is 2.82. The fraction of sp³-hybridized carbons (Fsp3) is 0.824. The summed E-state index contributed by atoms with van der Waals surface area (Å²) in [6.07, 6.45) is 17.6. The van der Waals surface area contributed by atoms with Crippen molar-refractivity contribution >= 4 is 6.47 Å². The Balaban J connectivity index is 2.43. The normalized spacial score (nSPS) is 27.4. The largest absolute Gasteiger partial charge is 0.434 e. The van der Waals surface area contributed by atoms with Crippen LogP contribution in [-0.4, -0.2) is 6.47 Å². The van der Waals surface area contributed by atoms with E-state index in [4.69, 9.17) is 4.74 Å². The molecule has 0 aromatic heterocycles. The van der Waals surface area contributed by atoms with E-state index in [0.29, 0.717) is 12.4 Å². The van der Waals surface area contributed by atoms with E-state index in [9.17, 15) is 4.79 Å². The lowest BCUT2D eigenvalue weighted by Gasteiger charge is -2.10. The van der Waals surface area contributed by atoms with Crippen LogP contribution < -0.4 is 0 Å². The zero-order valence-electron chi connectivity index (χ0n) is 12.5. The monoisotopic (exact) mass is 266 g/mol. The summed E-state index contributed by atoms with van der Waals surface area (Å²) < 4.78 is 5.12. The third-order valence-electron chi connectivity index (χ3n) is 4.00. The molecule has 0 amide bonds. The molecule has 1 aliphatic carbocycles. The molecule has 0 bridgehead atoms. The maximum atomic E-state index is 10.5. The van der Waals surface area contributed by atoms with Crippen molar-refractivity contribution in [2.45, 2.75) is 84.0 Å². The van der Waals surface area contributed by atoms with E-state index in [-0.39, 0.29) is 0 Å². The van der Waals surface area contributed by atoms with Gasteiger partial charge in [0.05, 0.1) is 0 Å². The summed E-state index contributed by atoms with van der Waals surface area (Å²) in [6.45, 7) is 2.80. The third-order valence-corrected chi connectivity index (χ3v) is 4.00. The first-order chi connectivity index (χ1) is 9.33. The molecular weight excluding hydrogens is 236 g/mol. The van der Waals surface area contributed by atoms with Gasteiger partial charge in [0.15, 0.2) is 0 Å². The maximum Gasteiger partial charge on any atom is 0.298 e. The molecule has 1 atom stereocenters. The molecule has 2 heteroatoms. The Labute approximate surface area is 118 Å². The number of carbonyl (C=O) groups is 1. The van der Waals surface area contributed by atoms with Gasteiger partial charge in [0.1, 0.15) is 5.76 Å². The second-order valence-corrected chi connectivity index (χ2v) is 5.90. The summed E-state index contributed by atoms with van der Waals surface area (Å²) in [4.78, 5) is 10.5. The van der Waals surface area contributed by atoms with Crippen LogP contribution in [0.4, 0.5) is 0 Å². The summed E-state index contributed by atoms with van der Waals surface area (Å²) >= 11 is 0. The van der Waals surface area contributed by atoms with E-state index < -0.39 is 0 Å². The molecule has 0 saturated carbocycles. The Morgan fingerprint density at radius 2 is 1.47 bits per heavy atom. The average molecular weight is 266 g/mol. The van der Waals surface area contributed by atoms with Gasteiger partial charge in [0, 0.05) is 6.42 Å². The Bertz CT molecular complexity index is 258. The van der Waals surface area contributed by atoms with Crippen LogP contribution in [0.25, 0.3) is 0 Å². The topological polar surface area (TPSA) is 26.3 Å². The molecule has 0 fully saturated rings.